The first kappa shape index (κ1) is 16.5. The number of nitrogens with zero attached hydrogens (tertiary/aromatic N) is 2. The fourth-order valence-corrected chi connectivity index (χ4v) is 3.67. The molecule has 0 radical (unpaired) electrons. The Labute approximate surface area is 150 Å². The standard InChI is InChI=1S/C17H8Cl2N2O2S/c18-10-5-9(6-11(19)7-10)15(22)13(8-20)17-21-16(23)12-3-1-2-4-14(12)24-17/h1-7,22H/b15-13-. The monoisotopic (exact) mass is 374 g/mol. The molecule has 0 aliphatic heterocycles. The van der Waals surface area contributed by atoms with E-state index in [1.165, 1.54) is 18.2 Å². The third-order valence-electron chi connectivity index (χ3n) is 3.23. The number of aliphatic hydroxyl groups excluding tert-OH is 1. The van der Waals surface area contributed by atoms with Gasteiger partial charge in [0.2, 0.25) is 0 Å². The second kappa shape index (κ2) is 6.62. The van der Waals surface area contributed by atoms with Gasteiger partial charge in [0.1, 0.15) is 22.4 Å². The maximum absolute atomic E-state index is 12.1. The lowest BCUT2D eigenvalue weighted by molar-refractivity contribution is 0.514. The molecule has 118 valence electrons. The van der Waals surface area contributed by atoms with Crippen LogP contribution in [0.5, 0.6) is 0 Å². The van der Waals surface area contributed by atoms with Gasteiger partial charge in [0.25, 0.3) is 5.56 Å². The van der Waals surface area contributed by atoms with Gasteiger partial charge in [-0.1, -0.05) is 35.3 Å². The molecule has 0 aliphatic rings. The highest BCUT2D eigenvalue weighted by atomic mass is 35.5. The summed E-state index contributed by atoms with van der Waals surface area (Å²) < 4.78 is 0.678. The second-order valence-electron chi connectivity index (χ2n) is 4.81. The van der Waals surface area contributed by atoms with Crippen LogP contribution < -0.4 is 5.56 Å². The number of hydrogen-bond acceptors (Lipinski definition) is 5. The number of rotatable bonds is 2. The second-order valence-corrected chi connectivity index (χ2v) is 6.72. The molecule has 0 saturated carbocycles. The summed E-state index contributed by atoms with van der Waals surface area (Å²) in [7, 11) is 0. The zero-order valence-corrected chi connectivity index (χ0v) is 14.3. The molecular formula is C17H8Cl2N2O2S. The molecule has 4 nitrogen and oxygen atoms in total. The molecule has 0 bridgehead atoms. The Kier molecular flexibility index (Phi) is 4.54. The molecular weight excluding hydrogens is 367 g/mol. The van der Waals surface area contributed by atoms with Gasteiger partial charge in [0.05, 0.1) is 5.39 Å². The molecule has 0 atom stereocenters. The van der Waals surface area contributed by atoms with Crippen molar-refractivity contribution >= 4 is 56.0 Å². The van der Waals surface area contributed by atoms with Crippen LogP contribution in [0.3, 0.4) is 0 Å². The van der Waals surface area contributed by atoms with Crippen molar-refractivity contribution in [2.75, 3.05) is 0 Å². The Balaban J connectivity index is 2.25. The van der Waals surface area contributed by atoms with Crippen LogP contribution in [0.15, 0.2) is 47.3 Å². The van der Waals surface area contributed by atoms with E-state index >= 15 is 0 Å². The summed E-state index contributed by atoms with van der Waals surface area (Å²) in [5.74, 6) is -0.333. The number of aliphatic hydroxyl groups is 1. The van der Waals surface area contributed by atoms with Crippen molar-refractivity contribution in [3.05, 3.63) is 73.4 Å². The quantitative estimate of drug-likeness (QED) is 0.510. The van der Waals surface area contributed by atoms with Gasteiger partial charge in [-0.25, -0.2) is 0 Å². The number of aromatic nitrogens is 1. The van der Waals surface area contributed by atoms with Crippen LogP contribution in [0.1, 0.15) is 10.6 Å². The Bertz CT molecular complexity index is 1060. The van der Waals surface area contributed by atoms with Crippen LogP contribution in [0.4, 0.5) is 0 Å². The fourth-order valence-electron chi connectivity index (χ4n) is 2.16. The number of fused-ring (bicyclic) bond motifs is 1. The Morgan fingerprint density at radius 2 is 1.83 bits per heavy atom. The van der Waals surface area contributed by atoms with Crippen LogP contribution in [0.2, 0.25) is 10.0 Å². The Morgan fingerprint density at radius 3 is 2.50 bits per heavy atom. The molecule has 7 heteroatoms. The average molecular weight is 375 g/mol. The van der Waals surface area contributed by atoms with Crippen molar-refractivity contribution in [1.29, 1.82) is 5.26 Å². The van der Waals surface area contributed by atoms with Crippen molar-refractivity contribution in [2.24, 2.45) is 0 Å². The van der Waals surface area contributed by atoms with Gasteiger partial charge in [-0.2, -0.15) is 10.2 Å². The first-order valence-corrected chi connectivity index (χ1v) is 8.27. The van der Waals surface area contributed by atoms with Gasteiger partial charge in [0.15, 0.2) is 0 Å². The molecule has 3 aromatic rings. The minimum absolute atomic E-state index is 0.110. The largest absolute Gasteiger partial charge is 0.506 e. The van der Waals surface area contributed by atoms with E-state index in [-0.39, 0.29) is 21.9 Å². The number of allylic oxidation sites excluding steroid dienone is 1. The zero-order chi connectivity index (χ0) is 17.3. The third kappa shape index (κ3) is 3.13. The Morgan fingerprint density at radius 1 is 1.17 bits per heavy atom. The third-order valence-corrected chi connectivity index (χ3v) is 4.73. The van der Waals surface area contributed by atoms with E-state index < -0.39 is 5.56 Å². The molecule has 1 aromatic heterocycles. The summed E-state index contributed by atoms with van der Waals surface area (Å²) in [6.07, 6.45) is 0. The first-order chi connectivity index (χ1) is 11.5. The highest BCUT2D eigenvalue weighted by Crippen LogP contribution is 2.30. The van der Waals surface area contributed by atoms with Crippen molar-refractivity contribution in [3.63, 3.8) is 0 Å². The summed E-state index contributed by atoms with van der Waals surface area (Å²) in [5, 5.41) is 21.1. The Hall–Kier alpha value is -2.39. The van der Waals surface area contributed by atoms with Crippen molar-refractivity contribution in [3.8, 4) is 6.07 Å². The smallest absolute Gasteiger partial charge is 0.279 e. The minimum atomic E-state index is -0.455. The van der Waals surface area contributed by atoms with Gasteiger partial charge in [0, 0.05) is 20.3 Å². The normalized spacial score (nSPS) is 11.9. The highest BCUT2D eigenvalue weighted by molar-refractivity contribution is 7.19. The molecule has 0 unspecified atom stereocenters. The number of hydrogen-bond donors (Lipinski definition) is 1. The van der Waals surface area contributed by atoms with Crippen LogP contribution in [-0.2, 0) is 0 Å². The van der Waals surface area contributed by atoms with Crippen LogP contribution >= 0.6 is 34.5 Å². The number of halogens is 2. The molecule has 0 aliphatic carbocycles. The van der Waals surface area contributed by atoms with Crippen LogP contribution in [-0.4, -0.2) is 10.1 Å². The van der Waals surface area contributed by atoms with Crippen molar-refractivity contribution in [1.82, 2.24) is 4.98 Å². The first-order valence-electron chi connectivity index (χ1n) is 6.69. The van der Waals surface area contributed by atoms with E-state index in [0.29, 0.717) is 20.1 Å². The number of benzene rings is 2. The SMILES string of the molecule is N#C/C(=C(/O)c1cc(Cl)cc(Cl)c1)c1nc(=O)c2ccccc2s1. The van der Waals surface area contributed by atoms with E-state index in [9.17, 15) is 15.2 Å². The maximum Gasteiger partial charge on any atom is 0.279 e. The van der Waals surface area contributed by atoms with Gasteiger partial charge in [-0.3, -0.25) is 4.79 Å². The summed E-state index contributed by atoms with van der Waals surface area (Å²) in [4.78, 5) is 16.0. The molecule has 1 N–H and O–H groups in total. The number of nitriles is 1. The van der Waals surface area contributed by atoms with Crippen LogP contribution in [0, 0.1) is 11.3 Å². The van der Waals surface area contributed by atoms with E-state index in [0.717, 1.165) is 11.3 Å². The van der Waals surface area contributed by atoms with Crippen molar-refractivity contribution < 1.29 is 5.11 Å². The predicted octanol–water partition coefficient (Wildman–Crippen LogP) is 4.91. The van der Waals surface area contributed by atoms with Crippen molar-refractivity contribution in [2.45, 2.75) is 0 Å². The highest BCUT2D eigenvalue weighted by Gasteiger charge is 2.16. The minimum Gasteiger partial charge on any atom is -0.506 e. The zero-order valence-electron chi connectivity index (χ0n) is 12.0. The lowest BCUT2D eigenvalue weighted by Gasteiger charge is -2.06. The molecule has 0 saturated heterocycles. The molecule has 24 heavy (non-hydrogen) atoms. The van der Waals surface area contributed by atoms with Gasteiger partial charge >= 0.3 is 0 Å². The summed E-state index contributed by atoms with van der Waals surface area (Å²) in [6.45, 7) is 0. The topological polar surface area (TPSA) is 74.0 Å². The maximum atomic E-state index is 12.1. The molecule has 0 amide bonds. The molecule has 2 aromatic carbocycles. The molecule has 1 heterocycles. The molecule has 3 rings (SSSR count). The summed E-state index contributed by atoms with van der Waals surface area (Å²) >= 11 is 13.0. The lowest BCUT2D eigenvalue weighted by Crippen LogP contribution is -2.07. The predicted molar refractivity (Wildman–Crippen MR) is 97.4 cm³/mol. The summed E-state index contributed by atoms with van der Waals surface area (Å²) in [6, 6.07) is 13.3. The van der Waals surface area contributed by atoms with Gasteiger partial charge in [-0.15, -0.1) is 11.3 Å². The van der Waals surface area contributed by atoms with E-state index in [2.05, 4.69) is 4.98 Å². The van der Waals surface area contributed by atoms with E-state index in [1.54, 1.807) is 24.3 Å². The lowest BCUT2D eigenvalue weighted by atomic mass is 10.1. The van der Waals surface area contributed by atoms with E-state index in [4.69, 9.17) is 23.2 Å². The van der Waals surface area contributed by atoms with Gasteiger partial charge in [-0.05, 0) is 30.3 Å². The summed E-state index contributed by atoms with van der Waals surface area (Å²) in [5.41, 5.74) is -0.288. The van der Waals surface area contributed by atoms with Crippen LogP contribution in [0.25, 0.3) is 21.4 Å². The molecule has 0 fully saturated rings. The van der Waals surface area contributed by atoms with Gasteiger partial charge < -0.3 is 5.11 Å². The van der Waals surface area contributed by atoms with E-state index in [1.807, 2.05) is 6.07 Å². The molecule has 0 spiro atoms. The fraction of sp³-hybridized carbons (Fsp3) is 0. The average Bonchev–Trinajstić information content (AvgIpc) is 2.54.